The topological polar surface area (TPSA) is 0 Å². The zero-order valence-electron chi connectivity index (χ0n) is 16.4. The van der Waals surface area contributed by atoms with Crippen LogP contribution in [0.5, 0.6) is 0 Å². The highest BCUT2D eigenvalue weighted by atomic mass is 31.2. The molecule has 0 aliphatic rings. The van der Waals surface area contributed by atoms with Crippen molar-refractivity contribution in [2.45, 2.75) is 81.1 Å². The molecule has 0 fully saturated rings. The van der Waals surface area contributed by atoms with Gasteiger partial charge in [-0.2, -0.15) is 0 Å². The van der Waals surface area contributed by atoms with E-state index in [1.165, 1.54) is 25.7 Å². The van der Waals surface area contributed by atoms with Crippen LogP contribution in [0.4, 0.5) is 0 Å². The smallest absolute Gasteiger partial charge is 0.0596 e. The Morgan fingerprint density at radius 2 is 0.619 bits per heavy atom. The summed E-state index contributed by atoms with van der Waals surface area (Å²) in [4.78, 5) is 0. The molecule has 0 aliphatic carbocycles. The van der Waals surface area contributed by atoms with Gasteiger partial charge < -0.3 is 0 Å². The van der Waals surface area contributed by atoms with E-state index in [1.807, 2.05) is 0 Å². The van der Waals surface area contributed by atoms with Gasteiger partial charge in [-0.25, -0.2) is 0 Å². The van der Waals surface area contributed by atoms with Crippen molar-refractivity contribution >= 4 is 7.26 Å². The maximum absolute atomic E-state index is 2.40. The maximum atomic E-state index is 2.40. The van der Waals surface area contributed by atoms with Crippen molar-refractivity contribution in [3.05, 3.63) is 0 Å². The summed E-state index contributed by atoms with van der Waals surface area (Å²) >= 11 is 0. The van der Waals surface area contributed by atoms with Gasteiger partial charge in [0.1, 0.15) is 0 Å². The molecule has 0 unspecified atom stereocenters. The van der Waals surface area contributed by atoms with E-state index < -0.39 is 7.26 Å². The second-order valence-electron chi connectivity index (χ2n) is 8.97. The molecule has 128 valence electrons. The molecule has 0 saturated carbocycles. The lowest BCUT2D eigenvalue weighted by molar-refractivity contribution is 0.593. The molecule has 0 bridgehead atoms. The van der Waals surface area contributed by atoms with Crippen LogP contribution in [0.15, 0.2) is 0 Å². The van der Waals surface area contributed by atoms with Crippen LogP contribution < -0.4 is 0 Å². The molecule has 0 aliphatic heterocycles. The normalized spacial score (nSPS) is 13.1. The van der Waals surface area contributed by atoms with Gasteiger partial charge in [0, 0.05) is 7.26 Å². The van der Waals surface area contributed by atoms with Crippen molar-refractivity contribution in [3.63, 3.8) is 0 Å². The van der Waals surface area contributed by atoms with Crippen LogP contribution in [0.25, 0.3) is 0 Å². The molecular weight excluding hydrogens is 271 g/mol. The molecule has 0 aromatic rings. The highest BCUT2D eigenvalue weighted by Crippen LogP contribution is 2.62. The monoisotopic (exact) mass is 315 g/mol. The minimum atomic E-state index is -0.712. The van der Waals surface area contributed by atoms with Crippen molar-refractivity contribution in [3.8, 4) is 0 Å². The van der Waals surface area contributed by atoms with Crippen LogP contribution in [0, 0.1) is 23.7 Å². The van der Waals surface area contributed by atoms with Crippen LogP contribution in [0.1, 0.15) is 81.1 Å². The molecule has 0 nitrogen and oxygen atoms in total. The Labute approximate surface area is 137 Å². The van der Waals surface area contributed by atoms with Crippen LogP contribution in [-0.4, -0.2) is 24.6 Å². The summed E-state index contributed by atoms with van der Waals surface area (Å²) in [6, 6.07) is 0. The highest BCUT2D eigenvalue weighted by molar-refractivity contribution is 7.75. The van der Waals surface area contributed by atoms with Gasteiger partial charge in [0.15, 0.2) is 0 Å². The molecular formula is C20H44P+. The SMILES string of the molecule is CC(C)CC[P+](CCC(C)C)(CCC(C)C)CCC(C)C. The second-order valence-corrected chi connectivity index (χ2v) is 13.4. The second kappa shape index (κ2) is 11.0. The summed E-state index contributed by atoms with van der Waals surface area (Å²) in [7, 11) is -0.712. The predicted octanol–water partition coefficient (Wildman–Crippen LogP) is 7.19. The van der Waals surface area contributed by atoms with E-state index in [9.17, 15) is 0 Å². The van der Waals surface area contributed by atoms with Gasteiger partial charge in [-0.15, -0.1) is 0 Å². The van der Waals surface area contributed by atoms with Crippen molar-refractivity contribution < 1.29 is 0 Å². The zero-order chi connectivity index (χ0) is 16.5. The van der Waals surface area contributed by atoms with Gasteiger partial charge in [-0.3, -0.25) is 0 Å². The summed E-state index contributed by atoms with van der Waals surface area (Å²) in [6.07, 6.45) is 12.1. The fourth-order valence-corrected chi connectivity index (χ4v) is 8.40. The van der Waals surface area contributed by atoms with Gasteiger partial charge >= 0.3 is 0 Å². The van der Waals surface area contributed by atoms with Gasteiger partial charge in [0.2, 0.25) is 0 Å². The van der Waals surface area contributed by atoms with Gasteiger partial charge in [-0.1, -0.05) is 55.4 Å². The van der Waals surface area contributed by atoms with E-state index in [1.54, 1.807) is 24.6 Å². The van der Waals surface area contributed by atoms with E-state index in [2.05, 4.69) is 55.4 Å². The van der Waals surface area contributed by atoms with Crippen LogP contribution in [0.3, 0.4) is 0 Å². The Hall–Kier alpha value is 0.430. The number of rotatable bonds is 12. The minimum absolute atomic E-state index is 0.712. The molecule has 0 atom stereocenters. The molecule has 0 saturated heterocycles. The average molecular weight is 316 g/mol. The molecule has 0 N–H and O–H groups in total. The Balaban J connectivity index is 4.85. The summed E-state index contributed by atoms with van der Waals surface area (Å²) in [5.41, 5.74) is 0. The van der Waals surface area contributed by atoms with E-state index in [4.69, 9.17) is 0 Å². The summed E-state index contributed by atoms with van der Waals surface area (Å²) < 4.78 is 0. The number of hydrogen-bond acceptors (Lipinski definition) is 0. The molecule has 0 rings (SSSR count). The van der Waals surface area contributed by atoms with E-state index in [0.29, 0.717) is 0 Å². The maximum Gasteiger partial charge on any atom is 0.0596 e. The van der Waals surface area contributed by atoms with E-state index >= 15 is 0 Å². The van der Waals surface area contributed by atoms with Gasteiger partial charge in [0.05, 0.1) is 24.6 Å². The highest BCUT2D eigenvalue weighted by Gasteiger charge is 2.36. The van der Waals surface area contributed by atoms with Crippen molar-refractivity contribution in [1.29, 1.82) is 0 Å². The minimum Gasteiger partial charge on any atom is -0.0626 e. The molecule has 0 amide bonds. The van der Waals surface area contributed by atoms with Crippen molar-refractivity contribution in [2.24, 2.45) is 23.7 Å². The average Bonchev–Trinajstić information content (AvgIpc) is 2.36. The lowest BCUT2D eigenvalue weighted by Crippen LogP contribution is -2.17. The van der Waals surface area contributed by atoms with Crippen molar-refractivity contribution in [2.75, 3.05) is 24.6 Å². The molecule has 0 radical (unpaired) electrons. The fraction of sp³-hybridized carbons (Fsp3) is 1.00. The largest absolute Gasteiger partial charge is 0.0626 e. The summed E-state index contributed by atoms with van der Waals surface area (Å²) in [6.45, 7) is 19.2. The Morgan fingerprint density at radius 3 is 0.762 bits per heavy atom. The molecule has 0 aromatic heterocycles. The summed E-state index contributed by atoms with van der Waals surface area (Å²) in [5, 5.41) is 0. The zero-order valence-corrected chi connectivity index (χ0v) is 17.3. The molecule has 0 spiro atoms. The first-order chi connectivity index (χ1) is 9.67. The Morgan fingerprint density at radius 1 is 0.429 bits per heavy atom. The Kier molecular flexibility index (Phi) is 11.3. The quantitative estimate of drug-likeness (QED) is 0.334. The number of hydrogen-bond donors (Lipinski definition) is 0. The first-order valence-electron chi connectivity index (χ1n) is 9.52. The lowest BCUT2D eigenvalue weighted by Gasteiger charge is -2.30. The van der Waals surface area contributed by atoms with Crippen LogP contribution in [0.2, 0.25) is 0 Å². The fourth-order valence-electron chi connectivity index (χ4n) is 2.80. The Bertz CT molecular complexity index is 187. The molecule has 0 heterocycles. The van der Waals surface area contributed by atoms with Gasteiger partial charge in [-0.05, 0) is 49.4 Å². The van der Waals surface area contributed by atoms with Crippen LogP contribution in [-0.2, 0) is 0 Å². The molecule has 21 heavy (non-hydrogen) atoms. The van der Waals surface area contributed by atoms with Gasteiger partial charge in [0.25, 0.3) is 0 Å². The lowest BCUT2D eigenvalue weighted by atomic mass is 10.1. The van der Waals surface area contributed by atoms with E-state index in [-0.39, 0.29) is 0 Å². The predicted molar refractivity (Wildman–Crippen MR) is 104 cm³/mol. The molecule has 0 aromatic carbocycles. The first kappa shape index (κ1) is 21.4. The third kappa shape index (κ3) is 11.6. The van der Waals surface area contributed by atoms with Crippen molar-refractivity contribution in [1.82, 2.24) is 0 Å². The van der Waals surface area contributed by atoms with E-state index in [0.717, 1.165) is 23.7 Å². The third-order valence-corrected chi connectivity index (χ3v) is 9.55. The van der Waals surface area contributed by atoms with Crippen LogP contribution >= 0.6 is 7.26 Å². The standard InChI is InChI=1S/C20H44P/c1-17(2)9-13-21(14-10-18(3)4,15-11-19(5)6)16-12-20(7)8/h17-20H,9-16H2,1-8H3/q+1. The third-order valence-electron chi connectivity index (χ3n) is 4.72. The first-order valence-corrected chi connectivity index (χ1v) is 12.0. The summed E-state index contributed by atoms with van der Waals surface area (Å²) in [5.74, 6) is 3.51. The molecule has 1 heteroatoms.